The zero-order valence-corrected chi connectivity index (χ0v) is 14.5. The van der Waals surface area contributed by atoms with E-state index in [-0.39, 0.29) is 12.6 Å². The van der Waals surface area contributed by atoms with Crippen LogP contribution >= 0.6 is 0 Å². The van der Waals surface area contributed by atoms with Gasteiger partial charge in [-0.05, 0) is 36.5 Å². The van der Waals surface area contributed by atoms with E-state index in [1.54, 1.807) is 0 Å². The van der Waals surface area contributed by atoms with Crippen LogP contribution in [0.15, 0.2) is 30.5 Å². The topological polar surface area (TPSA) is 47.0 Å². The van der Waals surface area contributed by atoms with Gasteiger partial charge in [0.25, 0.3) is 0 Å². The summed E-state index contributed by atoms with van der Waals surface area (Å²) in [5.41, 5.74) is 0.924. The van der Waals surface area contributed by atoms with Gasteiger partial charge in [-0.15, -0.1) is 0 Å². The molecule has 0 aliphatic rings. The number of nitrogens with zero attached hydrogens (tertiary/aromatic N) is 2. The van der Waals surface area contributed by atoms with E-state index < -0.39 is 17.6 Å². The van der Waals surface area contributed by atoms with Gasteiger partial charge >= 0.3 is 6.18 Å². The van der Waals surface area contributed by atoms with Crippen LogP contribution in [0.3, 0.4) is 0 Å². The van der Waals surface area contributed by atoms with Crippen molar-refractivity contribution in [3.8, 4) is 5.88 Å². The number of halogens is 3. The molecule has 2 rings (SSSR count). The highest BCUT2D eigenvalue weighted by Crippen LogP contribution is 2.35. The molecule has 0 saturated heterocycles. The van der Waals surface area contributed by atoms with Gasteiger partial charge < -0.3 is 10.1 Å². The van der Waals surface area contributed by atoms with E-state index in [9.17, 15) is 13.2 Å². The molecule has 0 fully saturated rings. The molecule has 7 heteroatoms. The first-order valence-electron chi connectivity index (χ1n) is 8.22. The highest BCUT2D eigenvalue weighted by molar-refractivity contribution is 5.54. The van der Waals surface area contributed by atoms with Crippen LogP contribution < -0.4 is 10.1 Å². The second kappa shape index (κ2) is 8.18. The summed E-state index contributed by atoms with van der Waals surface area (Å²) >= 11 is 0. The number of alkyl halides is 3. The van der Waals surface area contributed by atoms with Crippen molar-refractivity contribution in [2.24, 2.45) is 5.92 Å². The Labute approximate surface area is 145 Å². The van der Waals surface area contributed by atoms with Gasteiger partial charge in [0.15, 0.2) is 0 Å². The molecule has 1 heterocycles. The maximum absolute atomic E-state index is 13.0. The molecule has 1 aromatic carbocycles. The van der Waals surface area contributed by atoms with Gasteiger partial charge in [0.2, 0.25) is 11.8 Å². The quantitative estimate of drug-likeness (QED) is 0.741. The van der Waals surface area contributed by atoms with Gasteiger partial charge in [0, 0.05) is 11.9 Å². The minimum atomic E-state index is -4.56. The van der Waals surface area contributed by atoms with Crippen LogP contribution in [0.2, 0.25) is 0 Å². The molecular formula is C18H22F3N3O. The van der Waals surface area contributed by atoms with E-state index in [2.05, 4.69) is 29.1 Å². The maximum atomic E-state index is 13.0. The number of benzene rings is 1. The zero-order chi connectivity index (χ0) is 18.4. The van der Waals surface area contributed by atoms with Crippen molar-refractivity contribution in [2.75, 3.05) is 11.9 Å². The van der Waals surface area contributed by atoms with Gasteiger partial charge in [-0.2, -0.15) is 18.2 Å². The highest BCUT2D eigenvalue weighted by Gasteiger charge is 2.36. The first kappa shape index (κ1) is 19.0. The van der Waals surface area contributed by atoms with Gasteiger partial charge in [-0.3, -0.25) is 0 Å². The van der Waals surface area contributed by atoms with Crippen molar-refractivity contribution in [1.82, 2.24) is 9.97 Å². The third-order valence-corrected chi connectivity index (χ3v) is 3.36. The second-order valence-electron chi connectivity index (χ2n) is 6.18. The standard InChI is InChI=1S/C18H22F3N3O/c1-4-9-25-16-15(18(19,20)21)11-22-17(24-16)23-14-7-5-13(6-8-14)10-12(2)3/h5-8,11-12H,4,9-10H2,1-3H3,(H,22,23,24). The lowest BCUT2D eigenvalue weighted by Crippen LogP contribution is -2.12. The molecule has 0 bridgehead atoms. The summed E-state index contributed by atoms with van der Waals surface area (Å²) in [6.07, 6.45) is -2.26. The normalized spacial score (nSPS) is 11.6. The summed E-state index contributed by atoms with van der Waals surface area (Å²) in [5, 5.41) is 2.91. The van der Waals surface area contributed by atoms with Crippen molar-refractivity contribution < 1.29 is 17.9 Å². The average Bonchev–Trinajstić information content (AvgIpc) is 2.53. The molecule has 1 N–H and O–H groups in total. The van der Waals surface area contributed by atoms with E-state index in [0.29, 0.717) is 18.0 Å². The van der Waals surface area contributed by atoms with Crippen molar-refractivity contribution >= 4 is 11.6 Å². The smallest absolute Gasteiger partial charge is 0.423 e. The minimum absolute atomic E-state index is 0.0655. The molecule has 0 radical (unpaired) electrons. The maximum Gasteiger partial charge on any atom is 0.423 e. The number of hydrogen-bond acceptors (Lipinski definition) is 4. The molecule has 2 aromatic rings. The molecule has 0 unspecified atom stereocenters. The summed E-state index contributed by atoms with van der Waals surface area (Å²) in [6.45, 7) is 6.25. The molecular weight excluding hydrogens is 331 g/mol. The Bertz CT molecular complexity index is 685. The number of aromatic nitrogens is 2. The number of rotatable bonds is 7. The first-order valence-corrected chi connectivity index (χ1v) is 8.22. The van der Waals surface area contributed by atoms with E-state index in [1.807, 2.05) is 31.2 Å². The molecule has 136 valence electrons. The molecule has 0 spiro atoms. The average molecular weight is 353 g/mol. The monoisotopic (exact) mass is 353 g/mol. The Morgan fingerprint density at radius 1 is 1.16 bits per heavy atom. The molecule has 1 aromatic heterocycles. The fraction of sp³-hybridized carbons (Fsp3) is 0.444. The Morgan fingerprint density at radius 2 is 1.84 bits per heavy atom. The fourth-order valence-electron chi connectivity index (χ4n) is 2.25. The van der Waals surface area contributed by atoms with Crippen LogP contribution in [0, 0.1) is 5.92 Å². The van der Waals surface area contributed by atoms with Gasteiger partial charge in [0.05, 0.1) is 6.61 Å². The lowest BCUT2D eigenvalue weighted by Gasteiger charge is -2.14. The van der Waals surface area contributed by atoms with Crippen LogP contribution in [0.5, 0.6) is 5.88 Å². The second-order valence-corrected chi connectivity index (χ2v) is 6.18. The highest BCUT2D eigenvalue weighted by atomic mass is 19.4. The number of nitrogens with one attached hydrogen (secondary N) is 1. The first-order chi connectivity index (χ1) is 11.8. The van der Waals surface area contributed by atoms with Crippen LogP contribution in [0.1, 0.15) is 38.3 Å². The van der Waals surface area contributed by atoms with E-state index in [1.165, 1.54) is 5.56 Å². The Balaban J connectivity index is 2.18. The number of ether oxygens (including phenoxy) is 1. The lowest BCUT2D eigenvalue weighted by molar-refractivity contribution is -0.139. The zero-order valence-electron chi connectivity index (χ0n) is 14.5. The third kappa shape index (κ3) is 5.62. The molecule has 0 aliphatic heterocycles. The van der Waals surface area contributed by atoms with Crippen LogP contribution in [-0.2, 0) is 12.6 Å². The van der Waals surface area contributed by atoms with Crippen molar-refractivity contribution in [3.05, 3.63) is 41.6 Å². The SMILES string of the molecule is CCCOc1nc(Nc2ccc(CC(C)C)cc2)ncc1C(F)(F)F. The Hall–Kier alpha value is -2.31. The molecule has 0 saturated carbocycles. The van der Waals surface area contributed by atoms with Crippen molar-refractivity contribution in [2.45, 2.75) is 39.8 Å². The number of hydrogen-bond donors (Lipinski definition) is 1. The predicted octanol–water partition coefficient (Wildman–Crippen LogP) is 5.23. The van der Waals surface area contributed by atoms with Gasteiger partial charge in [-0.1, -0.05) is 32.9 Å². The van der Waals surface area contributed by atoms with Crippen LogP contribution in [0.25, 0.3) is 0 Å². The van der Waals surface area contributed by atoms with Gasteiger partial charge in [0.1, 0.15) is 5.56 Å². The predicted molar refractivity (Wildman–Crippen MR) is 91.1 cm³/mol. The van der Waals surface area contributed by atoms with Gasteiger partial charge in [-0.25, -0.2) is 4.98 Å². The van der Waals surface area contributed by atoms with Crippen molar-refractivity contribution in [3.63, 3.8) is 0 Å². The van der Waals surface area contributed by atoms with Crippen LogP contribution in [0.4, 0.5) is 24.8 Å². The summed E-state index contributed by atoms with van der Waals surface area (Å²) in [6, 6.07) is 7.65. The minimum Gasteiger partial charge on any atom is -0.477 e. The Morgan fingerprint density at radius 3 is 2.40 bits per heavy atom. The largest absolute Gasteiger partial charge is 0.477 e. The summed E-state index contributed by atoms with van der Waals surface area (Å²) in [7, 11) is 0. The summed E-state index contributed by atoms with van der Waals surface area (Å²) < 4.78 is 44.2. The van der Waals surface area contributed by atoms with E-state index in [4.69, 9.17) is 4.74 Å². The van der Waals surface area contributed by atoms with E-state index >= 15 is 0 Å². The molecule has 0 atom stereocenters. The number of anilines is 2. The fourth-order valence-corrected chi connectivity index (χ4v) is 2.25. The van der Waals surface area contributed by atoms with Crippen molar-refractivity contribution in [1.29, 1.82) is 0 Å². The summed E-state index contributed by atoms with van der Waals surface area (Å²) in [4.78, 5) is 7.64. The lowest BCUT2D eigenvalue weighted by atomic mass is 10.0. The molecule has 0 amide bonds. The Kier molecular flexibility index (Phi) is 6.22. The van der Waals surface area contributed by atoms with Crippen LogP contribution in [-0.4, -0.2) is 16.6 Å². The molecule has 25 heavy (non-hydrogen) atoms. The molecule has 0 aliphatic carbocycles. The third-order valence-electron chi connectivity index (χ3n) is 3.36. The summed E-state index contributed by atoms with van der Waals surface area (Å²) in [5.74, 6) is 0.161. The van der Waals surface area contributed by atoms with E-state index in [0.717, 1.165) is 12.6 Å². The molecule has 4 nitrogen and oxygen atoms in total.